The number of nitro benzene ring substituents is 1. The molecular weight excluding hydrogens is 466 g/mol. The zero-order chi connectivity index (χ0) is 24.6. The maximum atomic E-state index is 12.3. The molecule has 0 aliphatic rings. The fourth-order valence-corrected chi connectivity index (χ4v) is 3.87. The molecule has 0 aliphatic heterocycles. The lowest BCUT2D eigenvalue weighted by Gasteiger charge is -2.10. The number of carbonyl (C=O) groups excluding carboxylic acids is 1. The van der Waals surface area contributed by atoms with Gasteiger partial charge in [0.05, 0.1) is 16.4 Å². The number of ether oxygens (including phenoxy) is 1. The van der Waals surface area contributed by atoms with Crippen LogP contribution in [0.3, 0.4) is 0 Å². The van der Waals surface area contributed by atoms with Crippen LogP contribution in [0.1, 0.15) is 10.5 Å². The third-order valence-electron chi connectivity index (χ3n) is 4.46. The van der Waals surface area contributed by atoms with E-state index >= 15 is 0 Å². The molecule has 0 saturated heterocycles. The van der Waals surface area contributed by atoms with Crippen LogP contribution in [-0.2, 0) is 16.6 Å². The van der Waals surface area contributed by atoms with Gasteiger partial charge in [-0.25, -0.2) is 17.8 Å². The first-order valence-corrected chi connectivity index (χ1v) is 11.5. The zero-order valence-corrected chi connectivity index (χ0v) is 18.6. The van der Waals surface area contributed by atoms with E-state index in [1.807, 2.05) is 18.2 Å². The quantitative estimate of drug-likeness (QED) is 0.229. The molecule has 0 fully saturated rings. The Balaban J connectivity index is 1.51. The van der Waals surface area contributed by atoms with Crippen molar-refractivity contribution in [1.29, 1.82) is 0 Å². The molecule has 1 amide bonds. The zero-order valence-electron chi connectivity index (χ0n) is 17.8. The lowest BCUT2D eigenvalue weighted by Crippen LogP contribution is -2.36. The van der Waals surface area contributed by atoms with Crippen molar-refractivity contribution in [1.82, 2.24) is 19.8 Å². The average Bonchev–Trinajstić information content (AvgIpc) is 2.83. The minimum Gasteiger partial charge on any atom is -0.492 e. The number of hydrogen-bond acceptors (Lipinski definition) is 8. The van der Waals surface area contributed by atoms with Crippen LogP contribution in [0.2, 0.25) is 0 Å². The highest BCUT2D eigenvalue weighted by molar-refractivity contribution is 7.89. The molecule has 3 aromatic rings. The van der Waals surface area contributed by atoms with Gasteiger partial charge in [0.25, 0.3) is 17.2 Å². The first-order chi connectivity index (χ1) is 16.3. The first kappa shape index (κ1) is 24.5. The fraction of sp³-hybridized carbons (Fsp3) is 0.190. The number of nitrogens with zero attached hydrogens (tertiary/aromatic N) is 3. The van der Waals surface area contributed by atoms with Gasteiger partial charge in [0, 0.05) is 31.3 Å². The predicted molar refractivity (Wildman–Crippen MR) is 121 cm³/mol. The van der Waals surface area contributed by atoms with E-state index in [-0.39, 0.29) is 42.5 Å². The maximum Gasteiger partial charge on any atom is 0.271 e. The number of hydrogen-bond donors (Lipinski definition) is 2. The number of rotatable bonds is 11. The van der Waals surface area contributed by atoms with E-state index in [0.29, 0.717) is 5.75 Å². The molecule has 0 unspecified atom stereocenters. The molecule has 2 aromatic carbocycles. The molecule has 1 heterocycles. The molecule has 178 valence electrons. The number of aromatic nitrogens is 2. The highest BCUT2D eigenvalue weighted by Gasteiger charge is 2.17. The van der Waals surface area contributed by atoms with Gasteiger partial charge in [-0.2, -0.15) is 5.10 Å². The van der Waals surface area contributed by atoms with Crippen molar-refractivity contribution in [3.05, 3.63) is 92.9 Å². The van der Waals surface area contributed by atoms with Gasteiger partial charge in [0.1, 0.15) is 18.1 Å². The smallest absolute Gasteiger partial charge is 0.271 e. The lowest BCUT2D eigenvalue weighted by molar-refractivity contribution is -0.385. The van der Waals surface area contributed by atoms with Gasteiger partial charge < -0.3 is 10.1 Å². The Hall–Kier alpha value is -4.10. The molecule has 12 nitrogen and oxygen atoms in total. The third-order valence-corrected chi connectivity index (χ3v) is 5.91. The Morgan fingerprint density at radius 2 is 1.82 bits per heavy atom. The van der Waals surface area contributed by atoms with Gasteiger partial charge in [-0.05, 0) is 24.3 Å². The number of nitrogens with one attached hydrogen (secondary N) is 2. The van der Waals surface area contributed by atoms with Crippen molar-refractivity contribution < 1.29 is 22.9 Å². The van der Waals surface area contributed by atoms with Gasteiger partial charge in [-0.15, -0.1) is 0 Å². The van der Waals surface area contributed by atoms with Gasteiger partial charge in [0.2, 0.25) is 10.0 Å². The number of amides is 1. The summed E-state index contributed by atoms with van der Waals surface area (Å²) in [6, 6.07) is 16.1. The van der Waals surface area contributed by atoms with Gasteiger partial charge in [0.15, 0.2) is 0 Å². The number of nitro groups is 1. The SMILES string of the molecule is O=C(NCCNS(=O)(=O)c1cccc([N+](=O)[O-])c1)c1ccc(=O)n(CCOc2ccccc2)n1. The fourth-order valence-electron chi connectivity index (χ4n) is 2.80. The molecule has 0 bridgehead atoms. The Bertz CT molecular complexity index is 1330. The monoisotopic (exact) mass is 487 g/mol. The van der Waals surface area contributed by atoms with Crippen LogP contribution in [0.5, 0.6) is 5.75 Å². The summed E-state index contributed by atoms with van der Waals surface area (Å²) in [6.45, 7) is 0.0471. The summed E-state index contributed by atoms with van der Waals surface area (Å²) < 4.78 is 33.5. The molecule has 34 heavy (non-hydrogen) atoms. The Labute approximate surface area is 194 Å². The second-order valence-corrected chi connectivity index (χ2v) is 8.62. The molecular formula is C21H21N5O7S. The molecule has 13 heteroatoms. The summed E-state index contributed by atoms with van der Waals surface area (Å²) in [5.41, 5.74) is -0.787. The summed E-state index contributed by atoms with van der Waals surface area (Å²) >= 11 is 0. The molecule has 0 spiro atoms. The minimum atomic E-state index is -4.01. The number of benzene rings is 2. The van der Waals surface area contributed by atoms with Crippen molar-refractivity contribution in [2.75, 3.05) is 19.7 Å². The van der Waals surface area contributed by atoms with Crippen LogP contribution >= 0.6 is 0 Å². The summed E-state index contributed by atoms with van der Waals surface area (Å²) in [5, 5.41) is 17.3. The molecule has 0 radical (unpaired) electrons. The number of sulfonamides is 1. The molecule has 0 aliphatic carbocycles. The molecule has 3 rings (SSSR count). The van der Waals surface area contributed by atoms with E-state index in [2.05, 4.69) is 15.1 Å². The normalized spacial score (nSPS) is 11.1. The van der Waals surface area contributed by atoms with Crippen molar-refractivity contribution >= 4 is 21.6 Å². The van der Waals surface area contributed by atoms with E-state index in [0.717, 1.165) is 10.7 Å². The minimum absolute atomic E-state index is 0.0270. The van der Waals surface area contributed by atoms with E-state index in [1.165, 1.54) is 30.3 Å². The van der Waals surface area contributed by atoms with Gasteiger partial charge in [-0.3, -0.25) is 19.7 Å². The van der Waals surface area contributed by atoms with Crippen LogP contribution in [0, 0.1) is 10.1 Å². The summed E-state index contributed by atoms with van der Waals surface area (Å²) in [7, 11) is -4.01. The van der Waals surface area contributed by atoms with Gasteiger partial charge in [-0.1, -0.05) is 24.3 Å². The molecule has 0 saturated carbocycles. The molecule has 1 aromatic heterocycles. The number of non-ortho nitro benzene ring substituents is 1. The van der Waals surface area contributed by atoms with Crippen LogP contribution in [0.15, 0.2) is 76.4 Å². The predicted octanol–water partition coefficient (Wildman–Crippen LogP) is 0.939. The number of carbonyl (C=O) groups is 1. The van der Waals surface area contributed by atoms with Crippen LogP contribution < -0.4 is 20.3 Å². The Kier molecular flexibility index (Phi) is 8.05. The van der Waals surface area contributed by atoms with Crippen molar-refractivity contribution in [3.63, 3.8) is 0 Å². The van der Waals surface area contributed by atoms with Crippen LogP contribution in [0.25, 0.3) is 0 Å². The van der Waals surface area contributed by atoms with Crippen LogP contribution in [0.4, 0.5) is 5.69 Å². The van der Waals surface area contributed by atoms with Crippen molar-refractivity contribution in [2.24, 2.45) is 0 Å². The Morgan fingerprint density at radius 3 is 2.56 bits per heavy atom. The van der Waals surface area contributed by atoms with E-state index in [1.54, 1.807) is 12.1 Å². The molecule has 2 N–H and O–H groups in total. The lowest BCUT2D eigenvalue weighted by atomic mass is 10.3. The van der Waals surface area contributed by atoms with E-state index in [4.69, 9.17) is 4.74 Å². The second kappa shape index (κ2) is 11.2. The van der Waals surface area contributed by atoms with E-state index < -0.39 is 26.4 Å². The van der Waals surface area contributed by atoms with Crippen molar-refractivity contribution in [2.45, 2.75) is 11.4 Å². The van der Waals surface area contributed by atoms with Gasteiger partial charge >= 0.3 is 0 Å². The standard InChI is InChI=1S/C21H21N5O7S/c27-20-10-9-19(24-25(20)13-14-33-17-6-2-1-3-7-17)21(28)22-11-12-23-34(31,32)18-8-4-5-16(15-18)26(29)30/h1-10,15,23H,11-14H2,(H,22,28). The largest absolute Gasteiger partial charge is 0.492 e. The maximum absolute atomic E-state index is 12.3. The van der Waals surface area contributed by atoms with E-state index in [9.17, 15) is 28.1 Å². The van der Waals surface area contributed by atoms with Crippen molar-refractivity contribution in [3.8, 4) is 5.75 Å². The van der Waals surface area contributed by atoms with Crippen LogP contribution in [-0.4, -0.2) is 48.7 Å². The summed E-state index contributed by atoms with van der Waals surface area (Å²) in [4.78, 5) is 34.2. The molecule has 0 atom stereocenters. The highest BCUT2D eigenvalue weighted by atomic mass is 32.2. The first-order valence-electron chi connectivity index (χ1n) is 10.0. The Morgan fingerprint density at radius 1 is 1.06 bits per heavy atom. The third kappa shape index (κ3) is 6.70. The average molecular weight is 487 g/mol. The summed E-state index contributed by atoms with van der Waals surface area (Å²) in [5.74, 6) is 0.0317. The second-order valence-electron chi connectivity index (χ2n) is 6.85. The number of para-hydroxylation sites is 1. The summed E-state index contributed by atoms with van der Waals surface area (Å²) in [6.07, 6.45) is 0. The topological polar surface area (TPSA) is 163 Å². The highest BCUT2D eigenvalue weighted by Crippen LogP contribution is 2.16.